The molecule has 0 amide bonds. The van der Waals surface area contributed by atoms with Gasteiger partial charge in [-0.2, -0.15) is 0 Å². The third-order valence-corrected chi connectivity index (χ3v) is 3.94. The predicted molar refractivity (Wildman–Crippen MR) is 73.0 cm³/mol. The highest BCUT2D eigenvalue weighted by molar-refractivity contribution is 5.15. The van der Waals surface area contributed by atoms with E-state index in [2.05, 4.69) is 23.6 Å². The molecule has 1 aliphatic rings. The minimum atomic E-state index is -0.152. The van der Waals surface area contributed by atoms with E-state index < -0.39 is 0 Å². The first-order chi connectivity index (χ1) is 8.69. The zero-order valence-corrected chi connectivity index (χ0v) is 11.4. The van der Waals surface area contributed by atoms with Gasteiger partial charge in [-0.25, -0.2) is 4.39 Å². The van der Waals surface area contributed by atoms with Crippen LogP contribution in [0.25, 0.3) is 0 Å². The molecule has 1 aromatic rings. The molecule has 2 rings (SSSR count). The van der Waals surface area contributed by atoms with Gasteiger partial charge in [-0.05, 0) is 31.0 Å². The Bertz CT molecular complexity index is 355. The van der Waals surface area contributed by atoms with E-state index in [1.165, 1.54) is 12.0 Å². The Labute approximate surface area is 109 Å². The lowest BCUT2D eigenvalue weighted by atomic mass is 10.1. The summed E-state index contributed by atoms with van der Waals surface area (Å²) >= 11 is 0. The number of rotatable bonds is 4. The normalized spacial score (nSPS) is 19.9. The Morgan fingerprint density at radius 1 is 1.11 bits per heavy atom. The fourth-order valence-electron chi connectivity index (χ4n) is 2.47. The Hall–Kier alpha value is -0.930. The van der Waals surface area contributed by atoms with Gasteiger partial charge in [0.2, 0.25) is 0 Å². The molecule has 1 saturated heterocycles. The molecular formula is C15H23FN2. The van der Waals surface area contributed by atoms with Crippen LogP contribution in [0.5, 0.6) is 0 Å². The molecule has 1 aromatic carbocycles. The van der Waals surface area contributed by atoms with Crippen molar-refractivity contribution in [2.45, 2.75) is 32.9 Å². The number of piperazine rings is 1. The summed E-state index contributed by atoms with van der Waals surface area (Å²) in [5.74, 6) is -0.152. The van der Waals surface area contributed by atoms with E-state index in [9.17, 15) is 4.39 Å². The molecule has 18 heavy (non-hydrogen) atoms. The van der Waals surface area contributed by atoms with Crippen LogP contribution in [0.3, 0.4) is 0 Å². The van der Waals surface area contributed by atoms with Crippen molar-refractivity contribution < 1.29 is 4.39 Å². The molecule has 1 aliphatic heterocycles. The topological polar surface area (TPSA) is 6.48 Å². The molecule has 0 spiro atoms. The quantitative estimate of drug-likeness (QED) is 0.810. The smallest absolute Gasteiger partial charge is 0.123 e. The minimum Gasteiger partial charge on any atom is -0.298 e. The van der Waals surface area contributed by atoms with Gasteiger partial charge in [0.15, 0.2) is 0 Å². The highest BCUT2D eigenvalue weighted by Gasteiger charge is 2.19. The van der Waals surface area contributed by atoms with Crippen LogP contribution in [0.1, 0.15) is 25.8 Å². The molecule has 100 valence electrons. The first-order valence-corrected chi connectivity index (χ1v) is 6.90. The Morgan fingerprint density at radius 3 is 2.28 bits per heavy atom. The van der Waals surface area contributed by atoms with Crippen LogP contribution in [-0.4, -0.2) is 42.0 Å². The summed E-state index contributed by atoms with van der Waals surface area (Å²) in [5, 5.41) is 0. The summed E-state index contributed by atoms with van der Waals surface area (Å²) in [6.45, 7) is 10.0. The van der Waals surface area contributed by atoms with Crippen LogP contribution < -0.4 is 0 Å². The first kappa shape index (κ1) is 13.5. The van der Waals surface area contributed by atoms with Crippen molar-refractivity contribution in [3.63, 3.8) is 0 Å². The molecule has 0 bridgehead atoms. The highest BCUT2D eigenvalue weighted by Crippen LogP contribution is 2.12. The van der Waals surface area contributed by atoms with Gasteiger partial charge in [-0.15, -0.1) is 0 Å². The Morgan fingerprint density at radius 2 is 1.72 bits per heavy atom. The number of benzene rings is 1. The van der Waals surface area contributed by atoms with Gasteiger partial charge in [0.05, 0.1) is 0 Å². The van der Waals surface area contributed by atoms with E-state index >= 15 is 0 Å². The first-order valence-electron chi connectivity index (χ1n) is 6.90. The number of halogens is 1. The standard InChI is InChI=1S/C15H23FN2/c1-3-13(2)18-10-8-17(9-11-18)12-14-4-6-15(16)7-5-14/h4-7,13H,3,8-12H2,1-2H3/t13-/m1/s1. The number of hydrogen-bond acceptors (Lipinski definition) is 2. The SMILES string of the molecule is CC[C@@H](C)N1CCN(Cc2ccc(F)cc2)CC1. The van der Waals surface area contributed by atoms with E-state index in [0.29, 0.717) is 6.04 Å². The summed E-state index contributed by atoms with van der Waals surface area (Å²) in [4.78, 5) is 5.01. The summed E-state index contributed by atoms with van der Waals surface area (Å²) < 4.78 is 12.8. The lowest BCUT2D eigenvalue weighted by molar-refractivity contribution is 0.0963. The van der Waals surface area contributed by atoms with E-state index in [-0.39, 0.29) is 5.82 Å². The largest absolute Gasteiger partial charge is 0.298 e. The highest BCUT2D eigenvalue weighted by atomic mass is 19.1. The van der Waals surface area contributed by atoms with Gasteiger partial charge >= 0.3 is 0 Å². The summed E-state index contributed by atoms with van der Waals surface area (Å²) in [6.07, 6.45) is 1.22. The monoisotopic (exact) mass is 250 g/mol. The van der Waals surface area contributed by atoms with Crippen LogP contribution in [-0.2, 0) is 6.54 Å². The lowest BCUT2D eigenvalue weighted by Crippen LogP contribution is -2.48. The van der Waals surface area contributed by atoms with E-state index in [4.69, 9.17) is 0 Å². The third kappa shape index (κ3) is 3.53. The van der Waals surface area contributed by atoms with Gasteiger partial charge in [-0.3, -0.25) is 9.80 Å². The maximum absolute atomic E-state index is 12.8. The van der Waals surface area contributed by atoms with Crippen molar-refractivity contribution in [1.29, 1.82) is 0 Å². The van der Waals surface area contributed by atoms with Crippen LogP contribution in [0, 0.1) is 5.82 Å². The van der Waals surface area contributed by atoms with Crippen LogP contribution in [0.4, 0.5) is 4.39 Å². The average molecular weight is 250 g/mol. The van der Waals surface area contributed by atoms with Gasteiger partial charge in [-0.1, -0.05) is 19.1 Å². The average Bonchev–Trinajstić information content (AvgIpc) is 2.41. The van der Waals surface area contributed by atoms with Crippen LogP contribution in [0.15, 0.2) is 24.3 Å². The minimum absolute atomic E-state index is 0.152. The van der Waals surface area contributed by atoms with Gasteiger partial charge < -0.3 is 0 Å². The molecule has 0 radical (unpaired) electrons. The molecule has 0 N–H and O–H groups in total. The molecule has 0 saturated carbocycles. The second-order valence-electron chi connectivity index (χ2n) is 5.20. The van der Waals surface area contributed by atoms with Crippen molar-refractivity contribution in [3.05, 3.63) is 35.6 Å². The Kier molecular flexibility index (Phi) is 4.72. The van der Waals surface area contributed by atoms with Gasteiger partial charge in [0, 0.05) is 38.8 Å². The molecular weight excluding hydrogens is 227 g/mol. The Balaban J connectivity index is 1.81. The fraction of sp³-hybridized carbons (Fsp3) is 0.600. The molecule has 0 unspecified atom stereocenters. The third-order valence-electron chi connectivity index (χ3n) is 3.94. The van der Waals surface area contributed by atoms with Crippen molar-refractivity contribution in [2.75, 3.05) is 26.2 Å². The molecule has 1 atom stereocenters. The lowest BCUT2D eigenvalue weighted by Gasteiger charge is -2.37. The maximum atomic E-state index is 12.8. The molecule has 2 nitrogen and oxygen atoms in total. The van der Waals surface area contributed by atoms with Crippen LogP contribution >= 0.6 is 0 Å². The summed E-state index contributed by atoms with van der Waals surface area (Å²) in [5.41, 5.74) is 1.20. The van der Waals surface area contributed by atoms with Crippen molar-refractivity contribution in [1.82, 2.24) is 9.80 Å². The predicted octanol–water partition coefficient (Wildman–Crippen LogP) is 2.74. The zero-order chi connectivity index (χ0) is 13.0. The molecule has 1 heterocycles. The zero-order valence-electron chi connectivity index (χ0n) is 11.4. The fourth-order valence-corrected chi connectivity index (χ4v) is 2.47. The molecule has 0 aliphatic carbocycles. The van der Waals surface area contributed by atoms with Gasteiger partial charge in [0.1, 0.15) is 5.82 Å². The van der Waals surface area contributed by atoms with E-state index in [0.717, 1.165) is 32.7 Å². The molecule has 3 heteroatoms. The molecule has 0 aromatic heterocycles. The second-order valence-corrected chi connectivity index (χ2v) is 5.20. The number of hydrogen-bond donors (Lipinski definition) is 0. The summed E-state index contributed by atoms with van der Waals surface area (Å²) in [6, 6.07) is 7.56. The van der Waals surface area contributed by atoms with E-state index in [1.807, 2.05) is 12.1 Å². The second kappa shape index (κ2) is 6.30. The van der Waals surface area contributed by atoms with Crippen LogP contribution in [0.2, 0.25) is 0 Å². The van der Waals surface area contributed by atoms with E-state index in [1.54, 1.807) is 12.1 Å². The summed E-state index contributed by atoms with van der Waals surface area (Å²) in [7, 11) is 0. The van der Waals surface area contributed by atoms with Crippen molar-refractivity contribution in [3.8, 4) is 0 Å². The maximum Gasteiger partial charge on any atom is 0.123 e. The van der Waals surface area contributed by atoms with Gasteiger partial charge in [0.25, 0.3) is 0 Å². The van der Waals surface area contributed by atoms with Crippen molar-refractivity contribution in [2.24, 2.45) is 0 Å². The molecule has 1 fully saturated rings. The number of nitrogens with zero attached hydrogens (tertiary/aromatic N) is 2. The van der Waals surface area contributed by atoms with Crippen molar-refractivity contribution >= 4 is 0 Å².